The predicted molar refractivity (Wildman–Crippen MR) is 84.3 cm³/mol. The summed E-state index contributed by atoms with van der Waals surface area (Å²) in [5.41, 5.74) is 0.658. The lowest BCUT2D eigenvalue weighted by molar-refractivity contribution is 0.0730. The van der Waals surface area contributed by atoms with Crippen LogP contribution in [0.3, 0.4) is 0 Å². The molecule has 1 amide bonds. The minimum atomic E-state index is -0.358. The van der Waals surface area contributed by atoms with Crippen LogP contribution in [0.4, 0.5) is 0 Å². The Morgan fingerprint density at radius 3 is 2.86 bits per heavy atom. The Labute approximate surface area is 133 Å². The van der Waals surface area contributed by atoms with E-state index in [1.807, 2.05) is 12.1 Å². The molecule has 2 rings (SSSR count). The van der Waals surface area contributed by atoms with Gasteiger partial charge in [-0.15, -0.1) is 11.7 Å². The fourth-order valence-corrected chi connectivity index (χ4v) is 2.24. The largest absolute Gasteiger partial charge is 0.395 e. The molecule has 6 nitrogen and oxygen atoms in total. The molecule has 0 radical (unpaired) electrons. The second kappa shape index (κ2) is 7.20. The number of para-hydroxylation sites is 1. The minimum Gasteiger partial charge on any atom is -0.395 e. The van der Waals surface area contributed by atoms with E-state index in [4.69, 9.17) is 16.7 Å². The molecule has 1 N–H and O–H groups in total. The molecule has 0 fully saturated rings. The van der Waals surface area contributed by atoms with Crippen molar-refractivity contribution in [1.29, 1.82) is 0 Å². The van der Waals surface area contributed by atoms with Gasteiger partial charge in [-0.05, 0) is 19.1 Å². The quantitative estimate of drug-likeness (QED) is 0.825. The average Bonchev–Trinajstić information content (AvgIpc) is 2.88. The van der Waals surface area contributed by atoms with Crippen LogP contribution in [0, 0.1) is 6.92 Å². The van der Waals surface area contributed by atoms with Gasteiger partial charge in [-0.2, -0.15) is 0 Å². The SMILES string of the molecule is C=CCN(CCO)C(=O)c1nc(C)n(-c2ccccc2Cl)n1. The molecule has 0 aliphatic rings. The summed E-state index contributed by atoms with van der Waals surface area (Å²) in [6.45, 7) is 5.73. The van der Waals surface area contributed by atoms with Crippen molar-refractivity contribution >= 4 is 17.5 Å². The first-order valence-electron chi connectivity index (χ1n) is 6.78. The number of aliphatic hydroxyl groups is 1. The van der Waals surface area contributed by atoms with Gasteiger partial charge in [0.05, 0.1) is 17.3 Å². The van der Waals surface area contributed by atoms with Crippen molar-refractivity contribution in [3.05, 3.63) is 53.6 Å². The van der Waals surface area contributed by atoms with E-state index in [0.29, 0.717) is 23.1 Å². The molecule has 0 spiro atoms. The summed E-state index contributed by atoms with van der Waals surface area (Å²) in [4.78, 5) is 18.0. The van der Waals surface area contributed by atoms with Crippen molar-refractivity contribution in [3.63, 3.8) is 0 Å². The van der Waals surface area contributed by atoms with Crippen LogP contribution in [-0.4, -0.2) is 50.4 Å². The van der Waals surface area contributed by atoms with E-state index in [9.17, 15) is 4.79 Å². The van der Waals surface area contributed by atoms with Gasteiger partial charge >= 0.3 is 0 Å². The number of halogens is 1. The summed E-state index contributed by atoms with van der Waals surface area (Å²) in [6, 6.07) is 7.19. The van der Waals surface area contributed by atoms with E-state index in [-0.39, 0.29) is 24.9 Å². The third kappa shape index (κ3) is 3.35. The van der Waals surface area contributed by atoms with Crippen molar-refractivity contribution in [1.82, 2.24) is 19.7 Å². The number of aromatic nitrogens is 3. The molecule has 1 aromatic carbocycles. The van der Waals surface area contributed by atoms with E-state index in [0.717, 1.165) is 0 Å². The number of amides is 1. The topological polar surface area (TPSA) is 71.2 Å². The maximum atomic E-state index is 12.4. The molecule has 0 atom stereocenters. The van der Waals surface area contributed by atoms with Gasteiger partial charge in [0.15, 0.2) is 0 Å². The summed E-state index contributed by atoms with van der Waals surface area (Å²) in [5, 5.41) is 13.8. The van der Waals surface area contributed by atoms with Crippen molar-refractivity contribution < 1.29 is 9.90 Å². The van der Waals surface area contributed by atoms with Gasteiger partial charge in [0.2, 0.25) is 5.82 Å². The Kier molecular flexibility index (Phi) is 5.30. The highest BCUT2D eigenvalue weighted by molar-refractivity contribution is 6.32. The van der Waals surface area contributed by atoms with Gasteiger partial charge < -0.3 is 10.0 Å². The first-order chi connectivity index (χ1) is 10.6. The van der Waals surface area contributed by atoms with Crippen LogP contribution in [-0.2, 0) is 0 Å². The lowest BCUT2D eigenvalue weighted by Crippen LogP contribution is -2.34. The first kappa shape index (κ1) is 16.2. The smallest absolute Gasteiger partial charge is 0.293 e. The summed E-state index contributed by atoms with van der Waals surface area (Å²) >= 11 is 6.15. The Morgan fingerprint density at radius 2 is 2.23 bits per heavy atom. The van der Waals surface area contributed by atoms with Crippen LogP contribution in [0.15, 0.2) is 36.9 Å². The molecule has 0 saturated carbocycles. The number of benzene rings is 1. The first-order valence-corrected chi connectivity index (χ1v) is 7.16. The zero-order chi connectivity index (χ0) is 16.1. The molecule has 0 bridgehead atoms. The number of carbonyl (C=O) groups is 1. The number of rotatable bonds is 6. The Balaban J connectivity index is 2.35. The molecule has 7 heteroatoms. The number of carbonyl (C=O) groups excluding carboxylic acids is 1. The third-order valence-corrected chi connectivity index (χ3v) is 3.37. The molecule has 116 valence electrons. The number of aliphatic hydroxyl groups excluding tert-OH is 1. The molecule has 0 aliphatic heterocycles. The van der Waals surface area contributed by atoms with E-state index < -0.39 is 0 Å². The van der Waals surface area contributed by atoms with Crippen LogP contribution < -0.4 is 0 Å². The van der Waals surface area contributed by atoms with Crippen LogP contribution in [0.5, 0.6) is 0 Å². The van der Waals surface area contributed by atoms with Gasteiger partial charge in [-0.1, -0.05) is 29.8 Å². The van der Waals surface area contributed by atoms with Crippen LogP contribution in [0.1, 0.15) is 16.4 Å². The Morgan fingerprint density at radius 1 is 1.50 bits per heavy atom. The second-order valence-electron chi connectivity index (χ2n) is 4.61. The summed E-state index contributed by atoms with van der Waals surface area (Å²) in [6.07, 6.45) is 1.59. The Bertz CT molecular complexity index is 684. The standard InChI is InChI=1S/C15H17ClN4O2/c1-3-8-19(9-10-21)15(22)14-17-11(2)20(18-14)13-7-5-4-6-12(13)16/h3-7,21H,1,8-10H2,2H3. The van der Waals surface area contributed by atoms with Crippen molar-refractivity contribution in [2.45, 2.75) is 6.92 Å². The average molecular weight is 321 g/mol. The molecule has 0 aliphatic carbocycles. The predicted octanol–water partition coefficient (Wildman–Crippen LogP) is 1.85. The maximum Gasteiger partial charge on any atom is 0.293 e. The molecule has 22 heavy (non-hydrogen) atoms. The Hall–Kier alpha value is -2.18. The van der Waals surface area contributed by atoms with E-state index >= 15 is 0 Å². The lowest BCUT2D eigenvalue weighted by Gasteiger charge is -2.17. The van der Waals surface area contributed by atoms with Crippen molar-refractivity contribution in [3.8, 4) is 5.69 Å². The number of hydrogen-bond donors (Lipinski definition) is 1. The van der Waals surface area contributed by atoms with Crippen LogP contribution in [0.25, 0.3) is 5.69 Å². The van der Waals surface area contributed by atoms with Gasteiger partial charge in [-0.25, -0.2) is 9.67 Å². The van der Waals surface area contributed by atoms with Gasteiger partial charge in [0.1, 0.15) is 5.82 Å². The highest BCUT2D eigenvalue weighted by atomic mass is 35.5. The third-order valence-electron chi connectivity index (χ3n) is 3.05. The molecule has 2 aromatic rings. The highest BCUT2D eigenvalue weighted by Crippen LogP contribution is 2.20. The summed E-state index contributed by atoms with van der Waals surface area (Å²) < 4.78 is 1.53. The zero-order valence-corrected chi connectivity index (χ0v) is 13.0. The zero-order valence-electron chi connectivity index (χ0n) is 12.2. The molecular weight excluding hydrogens is 304 g/mol. The second-order valence-corrected chi connectivity index (χ2v) is 5.02. The van der Waals surface area contributed by atoms with E-state index in [2.05, 4.69) is 16.7 Å². The number of nitrogens with zero attached hydrogens (tertiary/aromatic N) is 4. The summed E-state index contributed by atoms with van der Waals surface area (Å²) in [7, 11) is 0. The number of aryl methyl sites for hydroxylation is 1. The van der Waals surface area contributed by atoms with E-state index in [1.54, 1.807) is 25.1 Å². The fourth-order valence-electron chi connectivity index (χ4n) is 2.03. The molecule has 1 aromatic heterocycles. The summed E-state index contributed by atoms with van der Waals surface area (Å²) in [5.74, 6) is 0.259. The normalized spacial score (nSPS) is 10.5. The molecular formula is C15H17ClN4O2. The number of hydrogen-bond acceptors (Lipinski definition) is 4. The van der Waals surface area contributed by atoms with Crippen LogP contribution in [0.2, 0.25) is 5.02 Å². The fraction of sp³-hybridized carbons (Fsp3) is 0.267. The molecule has 0 saturated heterocycles. The van der Waals surface area contributed by atoms with Gasteiger partial charge in [-0.3, -0.25) is 4.79 Å². The van der Waals surface area contributed by atoms with Gasteiger partial charge in [0, 0.05) is 13.1 Å². The lowest BCUT2D eigenvalue weighted by atomic mass is 10.3. The highest BCUT2D eigenvalue weighted by Gasteiger charge is 2.21. The van der Waals surface area contributed by atoms with Crippen molar-refractivity contribution in [2.24, 2.45) is 0 Å². The van der Waals surface area contributed by atoms with E-state index in [1.165, 1.54) is 9.58 Å². The minimum absolute atomic E-state index is 0.0627. The van der Waals surface area contributed by atoms with Crippen LogP contribution >= 0.6 is 11.6 Å². The maximum absolute atomic E-state index is 12.4. The monoisotopic (exact) mass is 320 g/mol. The van der Waals surface area contributed by atoms with Crippen molar-refractivity contribution in [2.75, 3.05) is 19.7 Å². The van der Waals surface area contributed by atoms with Gasteiger partial charge in [0.25, 0.3) is 5.91 Å². The molecule has 0 unspecified atom stereocenters. The molecule has 1 heterocycles.